The molecule has 0 atom stereocenters. The fourth-order valence-corrected chi connectivity index (χ4v) is 3.09. The predicted molar refractivity (Wildman–Crippen MR) is 114 cm³/mol. The van der Waals surface area contributed by atoms with Crippen molar-refractivity contribution in [3.8, 4) is 11.3 Å². The Morgan fingerprint density at radius 2 is 1.77 bits per heavy atom. The third kappa shape index (κ3) is 5.33. The Morgan fingerprint density at radius 3 is 2.39 bits per heavy atom. The molecule has 0 aliphatic rings. The lowest BCUT2D eigenvalue weighted by Crippen LogP contribution is -2.29. The molecule has 0 aliphatic heterocycles. The van der Waals surface area contributed by atoms with Crippen molar-refractivity contribution in [3.05, 3.63) is 53.8 Å². The van der Waals surface area contributed by atoms with Gasteiger partial charge in [-0.25, -0.2) is 4.39 Å². The van der Waals surface area contributed by atoms with Gasteiger partial charge in [-0.2, -0.15) is 9.78 Å². The molecule has 3 aromatic rings. The molecule has 1 N–H and O–H groups in total. The normalized spacial score (nSPS) is 11.4. The molecular formula is C23H24FN3O4. The summed E-state index contributed by atoms with van der Waals surface area (Å²) in [5.41, 5.74) is 1.39. The smallest absolute Gasteiger partial charge is 0.308 e. The third-order valence-corrected chi connectivity index (χ3v) is 4.39. The van der Waals surface area contributed by atoms with Gasteiger partial charge in [0.15, 0.2) is 0 Å². The summed E-state index contributed by atoms with van der Waals surface area (Å²) in [6.07, 6.45) is 0.0500. The van der Waals surface area contributed by atoms with Crippen LogP contribution in [0.25, 0.3) is 22.2 Å². The molecule has 1 amide bonds. The van der Waals surface area contributed by atoms with Crippen molar-refractivity contribution in [2.75, 3.05) is 6.54 Å². The van der Waals surface area contributed by atoms with Crippen LogP contribution in [-0.2, 0) is 9.53 Å². The fourth-order valence-electron chi connectivity index (χ4n) is 3.09. The van der Waals surface area contributed by atoms with Crippen LogP contribution >= 0.6 is 0 Å². The number of benzene rings is 2. The summed E-state index contributed by atoms with van der Waals surface area (Å²) < 4.78 is 19.8. The summed E-state index contributed by atoms with van der Waals surface area (Å²) in [6, 6.07) is 10.6. The Kier molecular flexibility index (Phi) is 6.19. The van der Waals surface area contributed by atoms with Crippen LogP contribution in [0.15, 0.2) is 42.5 Å². The number of carbonyl (C=O) groups excluding carboxylic acids is 3. The molecule has 0 saturated heterocycles. The van der Waals surface area contributed by atoms with Crippen molar-refractivity contribution in [3.63, 3.8) is 0 Å². The number of nitrogens with zero attached hydrogens (tertiary/aromatic N) is 2. The van der Waals surface area contributed by atoms with E-state index < -0.39 is 11.6 Å². The number of ether oxygens (including phenoxy) is 1. The summed E-state index contributed by atoms with van der Waals surface area (Å²) in [4.78, 5) is 36.4. The number of carbonyl (C=O) groups is 3. The number of fused-ring (bicyclic) bond motifs is 1. The van der Waals surface area contributed by atoms with E-state index in [1.54, 1.807) is 51.1 Å². The Hall–Kier alpha value is -3.55. The minimum absolute atomic E-state index is 0.0500. The van der Waals surface area contributed by atoms with Crippen LogP contribution in [0, 0.1) is 5.82 Å². The maximum Gasteiger partial charge on any atom is 0.308 e. The average Bonchev–Trinajstić information content (AvgIpc) is 3.06. The first-order valence-electron chi connectivity index (χ1n) is 9.85. The van der Waals surface area contributed by atoms with Crippen molar-refractivity contribution in [2.45, 2.75) is 39.7 Å². The van der Waals surface area contributed by atoms with Gasteiger partial charge in [0.1, 0.15) is 17.1 Å². The van der Waals surface area contributed by atoms with Crippen LogP contribution in [0.4, 0.5) is 4.39 Å². The molecule has 31 heavy (non-hydrogen) atoms. The lowest BCUT2D eigenvalue weighted by molar-refractivity contribution is -0.154. The van der Waals surface area contributed by atoms with Gasteiger partial charge in [0, 0.05) is 30.0 Å². The maximum atomic E-state index is 13.3. The summed E-state index contributed by atoms with van der Waals surface area (Å²) in [5, 5.41) is 7.64. The van der Waals surface area contributed by atoms with E-state index in [0.29, 0.717) is 27.7 Å². The molecule has 0 fully saturated rings. The number of hydrogen-bond acceptors (Lipinski definition) is 5. The molecule has 0 spiro atoms. The second kappa shape index (κ2) is 8.67. The first-order chi connectivity index (χ1) is 14.5. The molecule has 1 heterocycles. The summed E-state index contributed by atoms with van der Waals surface area (Å²) in [6.45, 7) is 6.84. The SMILES string of the molecule is CC(=O)n1nc(-c2ccc(F)cc2)c2cc(C(=O)NCCC(=O)OC(C)(C)C)ccc21. The number of rotatable bonds is 5. The second-order valence-electron chi connectivity index (χ2n) is 8.11. The highest BCUT2D eigenvalue weighted by atomic mass is 19.1. The number of nitrogens with one attached hydrogen (secondary N) is 1. The summed E-state index contributed by atoms with van der Waals surface area (Å²) in [7, 11) is 0. The maximum absolute atomic E-state index is 13.3. The predicted octanol–water partition coefficient (Wildman–Crippen LogP) is 3.96. The average molecular weight is 425 g/mol. The minimum Gasteiger partial charge on any atom is -0.460 e. The van der Waals surface area contributed by atoms with Gasteiger partial charge >= 0.3 is 5.97 Å². The number of aromatic nitrogens is 2. The zero-order valence-corrected chi connectivity index (χ0v) is 17.9. The van der Waals surface area contributed by atoms with Crippen LogP contribution in [-0.4, -0.2) is 39.7 Å². The van der Waals surface area contributed by atoms with E-state index in [2.05, 4.69) is 10.4 Å². The quantitative estimate of drug-likeness (QED) is 0.625. The Balaban J connectivity index is 1.85. The second-order valence-corrected chi connectivity index (χ2v) is 8.11. The number of esters is 1. The Labute approximate surface area is 179 Å². The van der Waals surface area contributed by atoms with E-state index in [-0.39, 0.29) is 30.6 Å². The van der Waals surface area contributed by atoms with Crippen molar-refractivity contribution in [2.24, 2.45) is 0 Å². The van der Waals surface area contributed by atoms with Gasteiger partial charge in [0.05, 0.1) is 11.9 Å². The molecule has 3 rings (SSSR count). The van der Waals surface area contributed by atoms with E-state index in [9.17, 15) is 18.8 Å². The monoisotopic (exact) mass is 425 g/mol. The zero-order chi connectivity index (χ0) is 22.8. The lowest BCUT2D eigenvalue weighted by Gasteiger charge is -2.19. The Bertz CT molecular complexity index is 1140. The van der Waals surface area contributed by atoms with Crippen molar-refractivity contribution in [1.82, 2.24) is 15.1 Å². The fraction of sp³-hybridized carbons (Fsp3) is 0.304. The van der Waals surface area contributed by atoms with Crippen LogP contribution in [0.1, 0.15) is 49.3 Å². The Morgan fingerprint density at radius 1 is 1.10 bits per heavy atom. The summed E-state index contributed by atoms with van der Waals surface area (Å²) in [5.74, 6) is -1.44. The molecular weight excluding hydrogens is 401 g/mol. The van der Waals surface area contributed by atoms with Gasteiger partial charge < -0.3 is 10.1 Å². The zero-order valence-electron chi connectivity index (χ0n) is 17.9. The van der Waals surface area contributed by atoms with Crippen LogP contribution < -0.4 is 5.32 Å². The molecule has 8 heteroatoms. The number of amides is 1. The first-order valence-corrected chi connectivity index (χ1v) is 9.85. The molecule has 2 aromatic carbocycles. The van der Waals surface area contributed by atoms with E-state index in [0.717, 1.165) is 0 Å². The van der Waals surface area contributed by atoms with Crippen molar-refractivity contribution in [1.29, 1.82) is 0 Å². The van der Waals surface area contributed by atoms with E-state index in [4.69, 9.17) is 4.74 Å². The van der Waals surface area contributed by atoms with Gasteiger partial charge in [-0.05, 0) is 63.2 Å². The van der Waals surface area contributed by atoms with Gasteiger partial charge in [-0.1, -0.05) is 0 Å². The third-order valence-electron chi connectivity index (χ3n) is 4.39. The van der Waals surface area contributed by atoms with E-state index in [1.165, 1.54) is 23.7 Å². The molecule has 0 radical (unpaired) electrons. The van der Waals surface area contributed by atoms with E-state index in [1.807, 2.05) is 0 Å². The topological polar surface area (TPSA) is 90.3 Å². The lowest BCUT2D eigenvalue weighted by atomic mass is 10.1. The highest BCUT2D eigenvalue weighted by molar-refractivity contribution is 6.04. The van der Waals surface area contributed by atoms with Crippen LogP contribution in [0.3, 0.4) is 0 Å². The van der Waals surface area contributed by atoms with Gasteiger partial charge in [-0.15, -0.1) is 0 Å². The van der Waals surface area contributed by atoms with Gasteiger partial charge in [0.25, 0.3) is 5.91 Å². The van der Waals surface area contributed by atoms with Crippen molar-refractivity contribution < 1.29 is 23.5 Å². The van der Waals surface area contributed by atoms with Gasteiger partial charge in [0.2, 0.25) is 5.91 Å². The minimum atomic E-state index is -0.584. The molecule has 1 aromatic heterocycles. The number of halogens is 1. The molecule has 0 saturated carbocycles. The first kappa shape index (κ1) is 22.1. The van der Waals surface area contributed by atoms with Crippen LogP contribution in [0.2, 0.25) is 0 Å². The van der Waals surface area contributed by atoms with Gasteiger partial charge in [-0.3, -0.25) is 14.4 Å². The van der Waals surface area contributed by atoms with Crippen LogP contribution in [0.5, 0.6) is 0 Å². The molecule has 0 aliphatic carbocycles. The number of hydrogen-bond donors (Lipinski definition) is 1. The largest absolute Gasteiger partial charge is 0.460 e. The van der Waals surface area contributed by atoms with Crippen molar-refractivity contribution >= 4 is 28.7 Å². The highest BCUT2D eigenvalue weighted by Gasteiger charge is 2.18. The molecule has 0 unspecified atom stereocenters. The molecule has 7 nitrogen and oxygen atoms in total. The standard InChI is InChI=1S/C23H24FN3O4/c1-14(28)27-19-10-7-16(22(30)25-12-11-20(29)31-23(2,3)4)13-18(19)21(26-27)15-5-8-17(24)9-6-15/h5-10,13H,11-12H2,1-4H3,(H,25,30). The molecule has 0 bridgehead atoms. The van der Waals surface area contributed by atoms with E-state index >= 15 is 0 Å². The summed E-state index contributed by atoms with van der Waals surface area (Å²) >= 11 is 0. The molecule has 162 valence electrons. The highest BCUT2D eigenvalue weighted by Crippen LogP contribution is 2.29.